The van der Waals surface area contributed by atoms with Crippen molar-refractivity contribution in [2.75, 3.05) is 54.5 Å². The quantitative estimate of drug-likeness (QED) is 0.0422. The number of carbonyl (C=O) groups excluding carboxylic acids is 4. The lowest BCUT2D eigenvalue weighted by Gasteiger charge is -2.09. The second-order valence-corrected chi connectivity index (χ2v) is 15.3. The Balaban J connectivity index is 1.43. The Morgan fingerprint density at radius 3 is 1.29 bits per heavy atom. The number of nitrogens with zero attached hydrogens (tertiary/aromatic N) is 2. The van der Waals surface area contributed by atoms with Gasteiger partial charge in [0.05, 0.1) is 47.1 Å². The van der Waals surface area contributed by atoms with Crippen LogP contribution in [0, 0.1) is 0 Å². The van der Waals surface area contributed by atoms with Gasteiger partial charge in [-0.3, -0.25) is 19.2 Å². The number of aliphatic hydroxyl groups excluding tert-OH is 1. The Bertz CT molecular complexity index is 2980. The number of hydrogen-bond acceptors (Lipinski definition) is 10. The second-order valence-electron chi connectivity index (χ2n) is 15.3. The van der Waals surface area contributed by atoms with Crippen molar-refractivity contribution >= 4 is 69.9 Å². The lowest BCUT2D eigenvalue weighted by atomic mass is 10.0. The summed E-state index contributed by atoms with van der Waals surface area (Å²) in [5, 5.41) is 17.4. The number of methoxy groups -OCH3 is 3. The first kappa shape index (κ1) is 44.8. The van der Waals surface area contributed by atoms with Gasteiger partial charge in [-0.15, -0.1) is 0 Å². The molecule has 3 aromatic carbocycles. The van der Waals surface area contributed by atoms with Crippen molar-refractivity contribution in [1.29, 1.82) is 0 Å². The number of benzene rings is 3. The van der Waals surface area contributed by atoms with E-state index >= 15 is 0 Å². The van der Waals surface area contributed by atoms with Gasteiger partial charge >= 0.3 is 0 Å². The first-order chi connectivity index (χ1) is 32.2. The van der Waals surface area contributed by atoms with Crippen LogP contribution >= 0.6 is 0 Å². The zero-order valence-electron chi connectivity index (χ0n) is 36.5. The molecular formula is C51H47N7O8. The van der Waals surface area contributed by atoms with Crippen molar-refractivity contribution in [2.45, 2.75) is 6.42 Å². The number of carbonyl (C=O) groups is 4. The Morgan fingerprint density at radius 1 is 0.500 bits per heavy atom. The number of nitrogens with one attached hydrogen (secondary N) is 5. The molecule has 66 heavy (non-hydrogen) atoms. The van der Waals surface area contributed by atoms with E-state index in [1.54, 1.807) is 43.5 Å². The van der Waals surface area contributed by atoms with Crippen LogP contribution in [0.15, 0.2) is 97.1 Å². The lowest BCUT2D eigenvalue weighted by Crippen LogP contribution is -2.26. The molecule has 15 heteroatoms. The van der Waals surface area contributed by atoms with Crippen molar-refractivity contribution in [2.24, 2.45) is 0 Å². The Hall–Kier alpha value is -7.82. The van der Waals surface area contributed by atoms with Crippen molar-refractivity contribution < 1.29 is 38.5 Å². The number of rotatable bonds is 16. The molecule has 0 unspecified atom stereocenters. The highest BCUT2D eigenvalue weighted by atomic mass is 16.5. The minimum atomic E-state index is -0.320. The summed E-state index contributed by atoms with van der Waals surface area (Å²) >= 11 is 0. The Labute approximate surface area is 379 Å². The van der Waals surface area contributed by atoms with E-state index in [2.05, 4.69) is 25.9 Å². The lowest BCUT2D eigenvalue weighted by molar-refractivity contribution is 0.0863. The molecule has 15 nitrogen and oxygen atoms in total. The van der Waals surface area contributed by atoms with E-state index in [-0.39, 0.29) is 63.1 Å². The fourth-order valence-corrected chi connectivity index (χ4v) is 7.85. The van der Waals surface area contributed by atoms with Gasteiger partial charge in [0.15, 0.2) is 5.78 Å². The van der Waals surface area contributed by atoms with Gasteiger partial charge in [0.1, 0.15) is 13.5 Å². The number of aromatic nitrogens is 4. The molecule has 0 fully saturated rings. The molecule has 0 saturated heterocycles. The molecule has 2 aliphatic heterocycles. The molecular weight excluding hydrogens is 839 g/mol. The van der Waals surface area contributed by atoms with E-state index in [4.69, 9.17) is 24.2 Å². The highest BCUT2D eigenvalue weighted by molar-refractivity contribution is 6.08. The average molecular weight is 886 g/mol. The standard InChI is InChI=1S/C51H47N7O8/c1-64-27-24-44(60)48-42-22-20-40(57-42)46(30-4-10-33(11-5-30)49(61)52-25-26-59)38-18-16-36(55-38)45(31-6-12-34(13-7-31)50(62)53-28-65-2)37-17-19-39(56-37)47(41-21-23-43(48)58-41)32-8-14-35(15-9-32)51(63)54-29-66-3/h4-23,56-57,59H,24-29H2,1-3H3,(H,52,61)(H,53,62)(H,54,63). The maximum absolute atomic E-state index is 14.2. The van der Waals surface area contributed by atoms with Crippen LogP contribution in [0.2, 0.25) is 0 Å². The van der Waals surface area contributed by atoms with E-state index in [9.17, 15) is 24.3 Å². The van der Waals surface area contributed by atoms with Crippen LogP contribution in [0.25, 0.3) is 79.8 Å². The normalized spacial score (nSPS) is 11.7. The summed E-state index contributed by atoms with van der Waals surface area (Å²) in [7, 11) is 4.55. The SMILES string of the molecule is COCCC(=O)c1c2nc(c(-c3ccc(C(=O)NCOC)cc3)c3ccc([nH]3)c(-c3ccc(C(=O)NCOC)cc3)c3nc(c(-c4ccc(C(=O)NCCO)cc4)c4ccc1[nH]4)C=C3)C=C2. The summed E-state index contributed by atoms with van der Waals surface area (Å²) in [5.41, 5.74) is 10.9. The predicted molar refractivity (Wildman–Crippen MR) is 254 cm³/mol. The highest BCUT2D eigenvalue weighted by Crippen LogP contribution is 2.37. The average Bonchev–Trinajstić information content (AvgIpc) is 4.20. The van der Waals surface area contributed by atoms with E-state index in [1.807, 2.05) is 85.0 Å². The third kappa shape index (κ3) is 9.50. The fourth-order valence-electron chi connectivity index (χ4n) is 7.85. The van der Waals surface area contributed by atoms with Crippen molar-refractivity contribution in [3.63, 3.8) is 0 Å². The van der Waals surface area contributed by atoms with Crippen LogP contribution in [0.1, 0.15) is 70.6 Å². The molecule has 6 aromatic rings. The van der Waals surface area contributed by atoms with E-state index in [1.165, 1.54) is 14.2 Å². The molecule has 0 saturated carbocycles. The van der Waals surface area contributed by atoms with Gasteiger partial charge in [-0.1, -0.05) is 36.4 Å². The van der Waals surface area contributed by atoms with Crippen LogP contribution in [0.4, 0.5) is 0 Å². The molecule has 2 aliphatic rings. The van der Waals surface area contributed by atoms with E-state index in [0.717, 1.165) is 22.3 Å². The molecule has 0 atom stereocenters. The van der Waals surface area contributed by atoms with Gasteiger partial charge in [-0.05, 0) is 102 Å². The van der Waals surface area contributed by atoms with Crippen molar-refractivity contribution in [3.05, 3.63) is 142 Å². The number of ketones is 1. The topological polar surface area (TPSA) is 210 Å². The van der Waals surface area contributed by atoms with Crippen LogP contribution < -0.4 is 16.0 Å². The minimum Gasteiger partial charge on any atom is -0.395 e. The number of fused-ring (bicyclic) bond motifs is 8. The third-order valence-corrected chi connectivity index (χ3v) is 11.0. The third-order valence-electron chi connectivity index (χ3n) is 11.0. The number of amides is 3. The number of H-pyrrole nitrogens is 2. The molecule has 3 amide bonds. The molecule has 8 bridgehead atoms. The molecule has 0 radical (unpaired) electrons. The molecule has 334 valence electrons. The van der Waals surface area contributed by atoms with E-state index < -0.39 is 0 Å². The summed E-state index contributed by atoms with van der Waals surface area (Å²) in [5.74, 6) is -1.07. The first-order valence-electron chi connectivity index (χ1n) is 21.1. The van der Waals surface area contributed by atoms with Gasteiger partial charge in [0.25, 0.3) is 17.7 Å². The number of ether oxygens (including phenoxy) is 3. The fraction of sp³-hybridized carbons (Fsp3) is 0.176. The molecule has 6 N–H and O–H groups in total. The van der Waals surface area contributed by atoms with E-state index in [0.29, 0.717) is 78.2 Å². The number of Topliss-reactive ketones (excluding diaryl/α,β-unsaturated/α-hetero) is 1. The zero-order valence-corrected chi connectivity index (χ0v) is 36.5. The molecule has 8 rings (SSSR count). The van der Waals surface area contributed by atoms with Crippen LogP contribution in [0.3, 0.4) is 0 Å². The molecule has 3 aromatic heterocycles. The maximum atomic E-state index is 14.2. The van der Waals surface area contributed by atoms with Crippen LogP contribution in [-0.4, -0.2) is 103 Å². The summed E-state index contributed by atoms with van der Waals surface area (Å²) < 4.78 is 15.4. The number of aromatic amines is 2. The summed E-state index contributed by atoms with van der Waals surface area (Å²) in [6.07, 6.45) is 7.64. The summed E-state index contributed by atoms with van der Waals surface area (Å²) in [6.45, 7) is 0.274. The van der Waals surface area contributed by atoms with Crippen molar-refractivity contribution in [3.8, 4) is 33.4 Å². The predicted octanol–water partition coefficient (Wildman–Crippen LogP) is 7.27. The molecule has 0 aliphatic carbocycles. The minimum absolute atomic E-state index is 0.0647. The zero-order chi connectivity index (χ0) is 46.2. The van der Waals surface area contributed by atoms with Gasteiger partial charge in [-0.2, -0.15) is 0 Å². The summed E-state index contributed by atoms with van der Waals surface area (Å²) in [6, 6.07) is 29.1. The molecule has 0 spiro atoms. The monoisotopic (exact) mass is 885 g/mol. The Kier molecular flexibility index (Phi) is 13.8. The van der Waals surface area contributed by atoms with Gasteiger partial charge in [-0.25, -0.2) is 9.97 Å². The highest BCUT2D eigenvalue weighted by Gasteiger charge is 2.21. The summed E-state index contributed by atoms with van der Waals surface area (Å²) in [4.78, 5) is 70.4. The maximum Gasteiger partial charge on any atom is 0.253 e. The number of aliphatic hydroxyl groups is 1. The first-order valence-corrected chi connectivity index (χ1v) is 21.1. The largest absolute Gasteiger partial charge is 0.395 e. The Morgan fingerprint density at radius 2 is 0.879 bits per heavy atom. The van der Waals surface area contributed by atoms with Gasteiger partial charge in [0, 0.05) is 84.2 Å². The van der Waals surface area contributed by atoms with Crippen LogP contribution in [-0.2, 0) is 14.2 Å². The van der Waals surface area contributed by atoms with Gasteiger partial charge in [0.2, 0.25) is 0 Å². The molecule has 5 heterocycles. The number of hydrogen-bond donors (Lipinski definition) is 6. The smallest absolute Gasteiger partial charge is 0.253 e. The van der Waals surface area contributed by atoms with Gasteiger partial charge < -0.3 is 45.2 Å². The second kappa shape index (κ2) is 20.3. The van der Waals surface area contributed by atoms with Crippen molar-refractivity contribution in [1.82, 2.24) is 35.9 Å². The van der Waals surface area contributed by atoms with Crippen LogP contribution in [0.5, 0.6) is 0 Å².